The molecule has 0 saturated carbocycles. The number of carbonyl (C=O) groups is 3. The Hall–Kier alpha value is -3.47. The van der Waals surface area contributed by atoms with E-state index in [1.807, 2.05) is 0 Å². The first kappa shape index (κ1) is 21.2. The number of fused-ring (bicyclic) bond motifs is 1. The fourth-order valence-corrected chi connectivity index (χ4v) is 3.39. The van der Waals surface area contributed by atoms with Crippen LogP contribution in [0.25, 0.3) is 10.9 Å². The number of aromatic nitrogens is 2. The van der Waals surface area contributed by atoms with Gasteiger partial charge in [0, 0.05) is 25.2 Å². The zero-order chi connectivity index (χ0) is 21.7. The summed E-state index contributed by atoms with van der Waals surface area (Å²) in [6, 6.07) is 4.44. The highest BCUT2D eigenvalue weighted by Gasteiger charge is 2.30. The molecular weight excluding hydrogens is 394 g/mol. The number of carbonyl (C=O) groups excluding carboxylic acids is 2. The van der Waals surface area contributed by atoms with E-state index in [0.717, 1.165) is 0 Å². The van der Waals surface area contributed by atoms with E-state index in [2.05, 4.69) is 20.9 Å². The Kier molecular flexibility index (Phi) is 6.62. The highest BCUT2D eigenvalue weighted by molar-refractivity contribution is 5.99. The third kappa shape index (κ3) is 4.74. The normalized spacial score (nSPS) is 16.4. The number of piperidine rings is 1. The Labute approximate surface area is 171 Å². The summed E-state index contributed by atoms with van der Waals surface area (Å²) in [6.45, 7) is 2.76. The van der Waals surface area contributed by atoms with Crippen LogP contribution in [-0.4, -0.2) is 58.9 Å². The summed E-state index contributed by atoms with van der Waals surface area (Å²) < 4.78 is 6.67. The number of anilines is 1. The van der Waals surface area contributed by atoms with Gasteiger partial charge in [-0.3, -0.25) is 24.3 Å². The van der Waals surface area contributed by atoms with Gasteiger partial charge in [-0.25, -0.2) is 9.78 Å². The summed E-state index contributed by atoms with van der Waals surface area (Å²) in [5.41, 5.74) is 0.692. The summed E-state index contributed by atoms with van der Waals surface area (Å²) in [7, 11) is 0. The number of amides is 3. The van der Waals surface area contributed by atoms with Crippen LogP contribution >= 0.6 is 0 Å². The molecule has 3 rings (SSSR count). The number of benzene rings is 1. The third-order valence-electron chi connectivity index (χ3n) is 4.71. The Morgan fingerprint density at radius 2 is 2.07 bits per heavy atom. The summed E-state index contributed by atoms with van der Waals surface area (Å²) in [5.74, 6) is -0.462. The van der Waals surface area contributed by atoms with Crippen molar-refractivity contribution in [2.24, 2.45) is 0 Å². The van der Waals surface area contributed by atoms with E-state index < -0.39 is 18.0 Å². The van der Waals surface area contributed by atoms with E-state index >= 15 is 0 Å². The monoisotopic (exact) mass is 417 g/mol. The van der Waals surface area contributed by atoms with Crippen molar-refractivity contribution >= 4 is 34.5 Å². The zero-order valence-corrected chi connectivity index (χ0v) is 16.4. The minimum atomic E-state index is -1.11. The standard InChI is InChI=1S/C19H23N5O6/c1-11-22-13-4-2-3-12(20-7-9-30-10-8-21-19(28)29)16(13)18(27)24(11)14-5-6-15(25)23-17(14)26/h2-4,14,20-21H,5-10H2,1H3,(H,28,29)(H,23,25,26). The molecule has 2 heterocycles. The van der Waals surface area contributed by atoms with Gasteiger partial charge in [0.25, 0.3) is 5.56 Å². The van der Waals surface area contributed by atoms with Crippen molar-refractivity contribution < 1.29 is 24.2 Å². The van der Waals surface area contributed by atoms with E-state index in [4.69, 9.17) is 9.84 Å². The van der Waals surface area contributed by atoms with Gasteiger partial charge in [0.2, 0.25) is 11.8 Å². The Balaban J connectivity index is 1.78. The van der Waals surface area contributed by atoms with Gasteiger partial charge in [-0.2, -0.15) is 0 Å². The second-order valence-corrected chi connectivity index (χ2v) is 6.77. The number of hydrogen-bond donors (Lipinski definition) is 4. The lowest BCUT2D eigenvalue weighted by atomic mass is 10.1. The highest BCUT2D eigenvalue weighted by atomic mass is 16.5. The second-order valence-electron chi connectivity index (χ2n) is 6.77. The summed E-state index contributed by atoms with van der Waals surface area (Å²) >= 11 is 0. The van der Waals surface area contributed by atoms with Crippen LogP contribution in [0.4, 0.5) is 10.5 Å². The topological polar surface area (TPSA) is 152 Å². The molecule has 11 heteroatoms. The number of hydrogen-bond acceptors (Lipinski definition) is 7. The lowest BCUT2D eigenvalue weighted by Crippen LogP contribution is -2.45. The van der Waals surface area contributed by atoms with Crippen molar-refractivity contribution in [1.82, 2.24) is 20.2 Å². The molecule has 0 bridgehead atoms. The Bertz CT molecular complexity index is 1030. The first-order valence-electron chi connectivity index (χ1n) is 9.52. The molecule has 160 valence electrons. The number of imide groups is 1. The fourth-order valence-electron chi connectivity index (χ4n) is 3.39. The molecule has 1 saturated heterocycles. The van der Waals surface area contributed by atoms with Crippen molar-refractivity contribution in [3.8, 4) is 0 Å². The number of nitrogens with one attached hydrogen (secondary N) is 3. The maximum absolute atomic E-state index is 13.3. The molecule has 1 fully saturated rings. The van der Waals surface area contributed by atoms with Gasteiger partial charge in [0.15, 0.2) is 0 Å². The first-order chi connectivity index (χ1) is 14.4. The van der Waals surface area contributed by atoms with Crippen LogP contribution in [0.5, 0.6) is 0 Å². The molecule has 4 N–H and O–H groups in total. The maximum Gasteiger partial charge on any atom is 0.404 e. The molecule has 2 aromatic rings. The third-order valence-corrected chi connectivity index (χ3v) is 4.71. The molecule has 0 radical (unpaired) electrons. The molecule has 1 unspecified atom stereocenters. The molecule has 3 amide bonds. The molecule has 1 atom stereocenters. The van der Waals surface area contributed by atoms with Crippen LogP contribution in [-0.2, 0) is 14.3 Å². The minimum Gasteiger partial charge on any atom is -0.465 e. The summed E-state index contributed by atoms with van der Waals surface area (Å²) in [4.78, 5) is 51.8. The van der Waals surface area contributed by atoms with Crippen LogP contribution < -0.4 is 21.5 Å². The SMILES string of the molecule is Cc1nc2cccc(NCCOCCNC(=O)O)c2c(=O)n1C1CCC(=O)NC1=O. The zero-order valence-electron chi connectivity index (χ0n) is 16.4. The van der Waals surface area contributed by atoms with E-state index in [1.165, 1.54) is 4.57 Å². The fraction of sp³-hybridized carbons (Fsp3) is 0.421. The van der Waals surface area contributed by atoms with Crippen LogP contribution in [0.1, 0.15) is 24.7 Å². The van der Waals surface area contributed by atoms with Crippen molar-refractivity contribution in [3.63, 3.8) is 0 Å². The van der Waals surface area contributed by atoms with E-state index in [-0.39, 0.29) is 37.5 Å². The number of carboxylic acid groups (broad SMARTS) is 1. The van der Waals surface area contributed by atoms with Crippen molar-refractivity contribution in [2.75, 3.05) is 31.6 Å². The summed E-state index contributed by atoms with van der Waals surface area (Å²) in [5, 5.41) is 16.4. The molecule has 0 aliphatic carbocycles. The Morgan fingerprint density at radius 3 is 2.80 bits per heavy atom. The lowest BCUT2D eigenvalue weighted by Gasteiger charge is -2.24. The van der Waals surface area contributed by atoms with E-state index in [9.17, 15) is 19.2 Å². The maximum atomic E-state index is 13.3. The average Bonchev–Trinajstić information content (AvgIpc) is 2.68. The molecular formula is C19H23N5O6. The molecule has 1 aromatic carbocycles. The molecule has 1 aromatic heterocycles. The number of aryl methyl sites for hydroxylation is 1. The van der Waals surface area contributed by atoms with Gasteiger partial charge < -0.3 is 20.5 Å². The predicted octanol–water partition coefficient (Wildman–Crippen LogP) is 0.379. The van der Waals surface area contributed by atoms with Crippen LogP contribution in [0.2, 0.25) is 0 Å². The predicted molar refractivity (Wildman–Crippen MR) is 107 cm³/mol. The number of rotatable bonds is 8. The minimum absolute atomic E-state index is 0.161. The van der Waals surface area contributed by atoms with Gasteiger partial charge in [-0.05, 0) is 25.5 Å². The molecule has 0 spiro atoms. The van der Waals surface area contributed by atoms with Gasteiger partial charge >= 0.3 is 6.09 Å². The first-order valence-corrected chi connectivity index (χ1v) is 9.52. The van der Waals surface area contributed by atoms with Crippen molar-refractivity contribution in [3.05, 3.63) is 34.4 Å². The smallest absolute Gasteiger partial charge is 0.404 e. The van der Waals surface area contributed by atoms with E-state index in [0.29, 0.717) is 35.6 Å². The Morgan fingerprint density at radius 1 is 1.30 bits per heavy atom. The van der Waals surface area contributed by atoms with Crippen molar-refractivity contribution in [2.45, 2.75) is 25.8 Å². The quantitative estimate of drug-likeness (QED) is 0.355. The molecule has 30 heavy (non-hydrogen) atoms. The average molecular weight is 417 g/mol. The second kappa shape index (κ2) is 9.35. The summed E-state index contributed by atoms with van der Waals surface area (Å²) in [6.07, 6.45) is -0.705. The molecule has 11 nitrogen and oxygen atoms in total. The lowest BCUT2D eigenvalue weighted by molar-refractivity contribution is -0.135. The molecule has 1 aliphatic heterocycles. The van der Waals surface area contributed by atoms with Gasteiger partial charge in [-0.15, -0.1) is 0 Å². The number of nitrogens with zero attached hydrogens (tertiary/aromatic N) is 2. The largest absolute Gasteiger partial charge is 0.465 e. The van der Waals surface area contributed by atoms with Gasteiger partial charge in [0.05, 0.1) is 24.1 Å². The molecule has 1 aliphatic rings. The van der Waals surface area contributed by atoms with Crippen LogP contribution in [0.3, 0.4) is 0 Å². The van der Waals surface area contributed by atoms with Gasteiger partial charge in [0.1, 0.15) is 11.9 Å². The number of ether oxygens (including phenoxy) is 1. The van der Waals surface area contributed by atoms with Crippen LogP contribution in [0, 0.1) is 6.92 Å². The van der Waals surface area contributed by atoms with Crippen LogP contribution in [0.15, 0.2) is 23.0 Å². The highest BCUT2D eigenvalue weighted by Crippen LogP contribution is 2.23. The van der Waals surface area contributed by atoms with Gasteiger partial charge in [-0.1, -0.05) is 6.07 Å². The van der Waals surface area contributed by atoms with Crippen molar-refractivity contribution in [1.29, 1.82) is 0 Å². The van der Waals surface area contributed by atoms with E-state index in [1.54, 1.807) is 25.1 Å².